The molecule has 0 radical (unpaired) electrons. The van der Waals surface area contributed by atoms with Gasteiger partial charge in [-0.2, -0.15) is 5.10 Å². The number of aromatic nitrogens is 2. The zero-order chi connectivity index (χ0) is 19.6. The Morgan fingerprint density at radius 2 is 1.93 bits per heavy atom. The summed E-state index contributed by atoms with van der Waals surface area (Å²) in [7, 11) is 0. The van der Waals surface area contributed by atoms with Crippen LogP contribution >= 0.6 is 0 Å². The first-order chi connectivity index (χ1) is 13.8. The molecule has 1 amide bonds. The van der Waals surface area contributed by atoms with Crippen LogP contribution in [0, 0.1) is 0 Å². The Hall–Kier alpha value is -3.28. The molecule has 2 heterocycles. The number of unbranched alkanes of at least 4 members (excludes halogenated alkanes) is 3. The van der Waals surface area contributed by atoms with E-state index >= 15 is 0 Å². The molecule has 3 aromatic rings. The van der Waals surface area contributed by atoms with Gasteiger partial charge in [0, 0.05) is 24.3 Å². The number of fused-ring (bicyclic) bond motifs is 1. The molecule has 6 heteroatoms. The first-order valence-electron chi connectivity index (χ1n) is 9.65. The molecular formula is C22H25N5O. The first-order valence-corrected chi connectivity index (χ1v) is 9.65. The third-order valence-electron chi connectivity index (χ3n) is 4.38. The Labute approximate surface area is 165 Å². The van der Waals surface area contributed by atoms with Gasteiger partial charge in [-0.1, -0.05) is 44.4 Å². The molecular weight excluding hydrogens is 350 g/mol. The predicted octanol–water partition coefficient (Wildman–Crippen LogP) is 4.39. The van der Waals surface area contributed by atoms with Crippen LogP contribution in [-0.2, 0) is 0 Å². The number of carbonyl (C=O) groups is 1. The van der Waals surface area contributed by atoms with E-state index in [1.165, 1.54) is 12.8 Å². The molecule has 0 bridgehead atoms. The second kappa shape index (κ2) is 10.2. The number of pyridine rings is 2. The van der Waals surface area contributed by atoms with Crippen LogP contribution in [0.25, 0.3) is 10.9 Å². The molecule has 2 N–H and O–H groups in total. The van der Waals surface area contributed by atoms with E-state index in [4.69, 9.17) is 0 Å². The van der Waals surface area contributed by atoms with Crippen molar-refractivity contribution in [1.82, 2.24) is 15.3 Å². The Kier molecular flexibility index (Phi) is 7.07. The Bertz CT molecular complexity index is 940. The van der Waals surface area contributed by atoms with E-state index < -0.39 is 0 Å². The minimum atomic E-state index is -0.0868. The number of hydrogen-bond acceptors (Lipinski definition) is 5. The Balaban J connectivity index is 1.75. The van der Waals surface area contributed by atoms with Gasteiger partial charge in [0.15, 0.2) is 0 Å². The molecule has 0 unspecified atom stereocenters. The van der Waals surface area contributed by atoms with Gasteiger partial charge in [0.05, 0.1) is 17.3 Å². The van der Waals surface area contributed by atoms with Crippen molar-refractivity contribution >= 4 is 28.8 Å². The highest BCUT2D eigenvalue weighted by Gasteiger charge is 2.12. The van der Waals surface area contributed by atoms with Crippen LogP contribution < -0.4 is 10.7 Å². The highest BCUT2D eigenvalue weighted by molar-refractivity contribution is 6.07. The second-order valence-corrected chi connectivity index (χ2v) is 6.54. The molecule has 0 saturated carbocycles. The van der Waals surface area contributed by atoms with Gasteiger partial charge in [-0.05, 0) is 36.2 Å². The monoisotopic (exact) mass is 375 g/mol. The van der Waals surface area contributed by atoms with E-state index in [-0.39, 0.29) is 5.91 Å². The first kappa shape index (κ1) is 19.5. The van der Waals surface area contributed by atoms with E-state index in [2.05, 4.69) is 32.7 Å². The lowest BCUT2D eigenvalue weighted by atomic mass is 10.1. The van der Waals surface area contributed by atoms with Crippen LogP contribution in [0.1, 0.15) is 48.5 Å². The number of nitrogens with one attached hydrogen (secondary N) is 2. The van der Waals surface area contributed by atoms with Gasteiger partial charge < -0.3 is 5.32 Å². The number of hydrazone groups is 1. The maximum atomic E-state index is 12.7. The Morgan fingerprint density at radius 3 is 2.75 bits per heavy atom. The third-order valence-corrected chi connectivity index (χ3v) is 4.38. The lowest BCUT2D eigenvalue weighted by molar-refractivity contribution is 0.0954. The summed E-state index contributed by atoms with van der Waals surface area (Å²) in [6.07, 6.45) is 9.59. The molecule has 0 atom stereocenters. The van der Waals surface area contributed by atoms with Crippen molar-refractivity contribution in [1.29, 1.82) is 0 Å². The minimum Gasteiger partial charge on any atom is -0.352 e. The van der Waals surface area contributed by atoms with Crippen LogP contribution in [0.15, 0.2) is 60.0 Å². The topological polar surface area (TPSA) is 79.3 Å². The zero-order valence-corrected chi connectivity index (χ0v) is 16.1. The van der Waals surface area contributed by atoms with Gasteiger partial charge >= 0.3 is 0 Å². The van der Waals surface area contributed by atoms with Gasteiger partial charge in [-0.15, -0.1) is 0 Å². The second-order valence-electron chi connectivity index (χ2n) is 6.54. The smallest absolute Gasteiger partial charge is 0.252 e. The van der Waals surface area contributed by atoms with Gasteiger partial charge in [-0.3, -0.25) is 15.2 Å². The fourth-order valence-electron chi connectivity index (χ4n) is 2.89. The number of amides is 1. The number of para-hydroxylation sites is 1. The summed E-state index contributed by atoms with van der Waals surface area (Å²) in [6.45, 7) is 2.85. The van der Waals surface area contributed by atoms with Crippen LogP contribution in [0.4, 0.5) is 5.82 Å². The summed E-state index contributed by atoms with van der Waals surface area (Å²) in [5, 5.41) is 8.07. The molecule has 3 rings (SSSR count). The number of hydrogen-bond donors (Lipinski definition) is 2. The van der Waals surface area contributed by atoms with E-state index in [0.717, 1.165) is 29.3 Å². The predicted molar refractivity (Wildman–Crippen MR) is 114 cm³/mol. The maximum absolute atomic E-state index is 12.7. The van der Waals surface area contributed by atoms with Crippen molar-refractivity contribution in [2.24, 2.45) is 5.10 Å². The summed E-state index contributed by atoms with van der Waals surface area (Å²) in [5.74, 6) is 0.441. The molecule has 6 nitrogen and oxygen atoms in total. The minimum absolute atomic E-state index is 0.0868. The molecule has 0 aliphatic carbocycles. The van der Waals surface area contributed by atoms with E-state index in [0.29, 0.717) is 17.9 Å². The molecule has 0 spiro atoms. The normalized spacial score (nSPS) is 11.0. The summed E-state index contributed by atoms with van der Waals surface area (Å²) >= 11 is 0. The van der Waals surface area contributed by atoms with Crippen LogP contribution in [0.2, 0.25) is 0 Å². The number of rotatable bonds is 9. The fraction of sp³-hybridized carbons (Fsp3) is 0.273. The highest BCUT2D eigenvalue weighted by atomic mass is 16.1. The molecule has 144 valence electrons. The van der Waals surface area contributed by atoms with Crippen LogP contribution in [0.5, 0.6) is 0 Å². The molecule has 2 aromatic heterocycles. The SMILES string of the molecule is CCCCCCNC(=O)c1cc(N/N=C/c2ccncc2)nc2ccccc12. The largest absolute Gasteiger partial charge is 0.352 e. The summed E-state index contributed by atoms with van der Waals surface area (Å²) in [6, 6.07) is 13.1. The Morgan fingerprint density at radius 1 is 1.11 bits per heavy atom. The molecule has 0 saturated heterocycles. The van der Waals surface area contributed by atoms with Gasteiger partial charge in [0.25, 0.3) is 5.91 Å². The van der Waals surface area contributed by atoms with Gasteiger partial charge in [0.1, 0.15) is 5.82 Å². The molecule has 1 aromatic carbocycles. The molecule has 0 aliphatic rings. The van der Waals surface area contributed by atoms with E-state index in [1.807, 2.05) is 36.4 Å². The van der Waals surface area contributed by atoms with E-state index in [1.54, 1.807) is 24.7 Å². The molecule has 28 heavy (non-hydrogen) atoms. The van der Waals surface area contributed by atoms with Crippen molar-refractivity contribution in [3.8, 4) is 0 Å². The molecule has 0 aliphatic heterocycles. The third kappa shape index (κ3) is 5.36. The van der Waals surface area contributed by atoms with Crippen molar-refractivity contribution in [3.05, 3.63) is 66.0 Å². The van der Waals surface area contributed by atoms with Gasteiger partial charge in [-0.25, -0.2) is 4.98 Å². The van der Waals surface area contributed by atoms with Crippen molar-refractivity contribution in [2.45, 2.75) is 32.6 Å². The van der Waals surface area contributed by atoms with Crippen LogP contribution in [-0.4, -0.2) is 28.6 Å². The molecule has 0 fully saturated rings. The maximum Gasteiger partial charge on any atom is 0.252 e. The van der Waals surface area contributed by atoms with Gasteiger partial charge in [0.2, 0.25) is 0 Å². The standard InChI is InChI=1S/C22H25N5O/c1-2-3-4-7-12-24-22(28)19-15-21(26-20-9-6-5-8-18(19)20)27-25-16-17-10-13-23-14-11-17/h5-6,8-11,13-16H,2-4,7,12H2,1H3,(H,24,28)(H,26,27)/b25-16+. The van der Waals surface area contributed by atoms with Crippen LogP contribution in [0.3, 0.4) is 0 Å². The number of carbonyl (C=O) groups excluding carboxylic acids is 1. The van der Waals surface area contributed by atoms with Crippen molar-refractivity contribution in [2.75, 3.05) is 12.0 Å². The van der Waals surface area contributed by atoms with Crippen molar-refractivity contribution < 1.29 is 4.79 Å². The average Bonchev–Trinajstić information content (AvgIpc) is 2.73. The fourth-order valence-corrected chi connectivity index (χ4v) is 2.89. The number of anilines is 1. The van der Waals surface area contributed by atoms with Crippen molar-refractivity contribution in [3.63, 3.8) is 0 Å². The lowest BCUT2D eigenvalue weighted by Crippen LogP contribution is -2.25. The summed E-state index contributed by atoms with van der Waals surface area (Å²) in [4.78, 5) is 21.3. The van der Waals surface area contributed by atoms with E-state index in [9.17, 15) is 4.79 Å². The number of nitrogens with zero attached hydrogens (tertiary/aromatic N) is 3. The number of benzene rings is 1. The quantitative estimate of drug-likeness (QED) is 0.330. The average molecular weight is 375 g/mol. The summed E-state index contributed by atoms with van der Waals surface area (Å²) < 4.78 is 0. The zero-order valence-electron chi connectivity index (χ0n) is 16.1. The summed E-state index contributed by atoms with van der Waals surface area (Å²) in [5.41, 5.74) is 5.20. The lowest BCUT2D eigenvalue weighted by Gasteiger charge is -2.10. The highest BCUT2D eigenvalue weighted by Crippen LogP contribution is 2.21.